The molecule has 0 fully saturated rings. The Labute approximate surface area is 118 Å². The Bertz CT molecular complexity index is 551. The molecule has 0 radical (unpaired) electrons. The van der Waals surface area contributed by atoms with E-state index in [9.17, 15) is 4.39 Å². The highest BCUT2D eigenvalue weighted by atomic mass is 35.5. The summed E-state index contributed by atoms with van der Waals surface area (Å²) in [4.78, 5) is 0. The van der Waals surface area contributed by atoms with Crippen molar-refractivity contribution in [2.45, 2.75) is 19.3 Å². The van der Waals surface area contributed by atoms with E-state index in [0.29, 0.717) is 11.6 Å². The van der Waals surface area contributed by atoms with Crippen LogP contribution in [0.1, 0.15) is 22.6 Å². The largest absolute Gasteiger partial charge is 0.330 e. The summed E-state index contributed by atoms with van der Waals surface area (Å²) in [6, 6.07) is 12.8. The van der Waals surface area contributed by atoms with E-state index in [-0.39, 0.29) is 11.7 Å². The van der Waals surface area contributed by atoms with Gasteiger partial charge >= 0.3 is 0 Å². The predicted molar refractivity (Wildman–Crippen MR) is 78.1 cm³/mol. The highest BCUT2D eigenvalue weighted by Crippen LogP contribution is 2.25. The summed E-state index contributed by atoms with van der Waals surface area (Å²) in [6.45, 7) is 2.59. The third kappa shape index (κ3) is 3.55. The Hall–Kier alpha value is -1.38. The molecule has 0 amide bonds. The molecular formula is C16H17ClFN. The van der Waals surface area contributed by atoms with Gasteiger partial charge in [-0.3, -0.25) is 0 Å². The molecule has 2 N–H and O–H groups in total. The molecule has 100 valence electrons. The fourth-order valence-electron chi connectivity index (χ4n) is 2.13. The lowest BCUT2D eigenvalue weighted by molar-refractivity contribution is 0.625. The van der Waals surface area contributed by atoms with Crippen LogP contribution in [0.2, 0.25) is 5.02 Å². The highest BCUT2D eigenvalue weighted by molar-refractivity contribution is 6.31. The van der Waals surface area contributed by atoms with E-state index in [4.69, 9.17) is 17.3 Å². The molecule has 2 aromatic rings. The molecule has 0 saturated carbocycles. The second-order valence-corrected chi connectivity index (χ2v) is 5.19. The Morgan fingerprint density at radius 3 is 2.42 bits per heavy atom. The lowest BCUT2D eigenvalue weighted by Gasteiger charge is -2.16. The molecule has 3 heteroatoms. The zero-order valence-electron chi connectivity index (χ0n) is 10.9. The molecule has 1 unspecified atom stereocenters. The first kappa shape index (κ1) is 14.0. The van der Waals surface area contributed by atoms with E-state index in [2.05, 4.69) is 31.2 Å². The number of hydrogen-bond donors (Lipinski definition) is 1. The van der Waals surface area contributed by atoms with Crippen LogP contribution in [0.5, 0.6) is 0 Å². The summed E-state index contributed by atoms with van der Waals surface area (Å²) < 4.78 is 13.0. The first-order valence-corrected chi connectivity index (χ1v) is 6.68. The van der Waals surface area contributed by atoms with Crippen molar-refractivity contribution in [3.8, 4) is 0 Å². The van der Waals surface area contributed by atoms with Crippen LogP contribution in [0.15, 0.2) is 42.5 Å². The zero-order chi connectivity index (χ0) is 13.8. The third-order valence-corrected chi connectivity index (χ3v) is 3.67. The molecule has 1 nitrogen and oxygen atoms in total. The average Bonchev–Trinajstić information content (AvgIpc) is 2.39. The Balaban J connectivity index is 2.21. The van der Waals surface area contributed by atoms with E-state index in [1.165, 1.54) is 23.3 Å². The van der Waals surface area contributed by atoms with Gasteiger partial charge in [0.25, 0.3) is 0 Å². The second-order valence-electron chi connectivity index (χ2n) is 4.78. The van der Waals surface area contributed by atoms with E-state index in [0.717, 1.165) is 12.0 Å². The van der Waals surface area contributed by atoms with Gasteiger partial charge in [0.2, 0.25) is 0 Å². The van der Waals surface area contributed by atoms with Gasteiger partial charge in [0, 0.05) is 10.9 Å². The molecule has 0 saturated heterocycles. The van der Waals surface area contributed by atoms with Crippen LogP contribution >= 0.6 is 11.6 Å². The molecule has 0 aliphatic heterocycles. The maximum absolute atomic E-state index is 13.0. The van der Waals surface area contributed by atoms with E-state index < -0.39 is 0 Å². The summed E-state index contributed by atoms with van der Waals surface area (Å²) in [5.41, 5.74) is 9.19. The minimum atomic E-state index is -0.312. The van der Waals surface area contributed by atoms with Crippen molar-refractivity contribution in [2.75, 3.05) is 6.54 Å². The molecule has 1 atom stereocenters. The van der Waals surface area contributed by atoms with Gasteiger partial charge in [0.1, 0.15) is 5.82 Å². The van der Waals surface area contributed by atoms with Gasteiger partial charge in [-0.05, 0) is 43.1 Å². The normalized spacial score (nSPS) is 12.4. The fraction of sp³-hybridized carbons (Fsp3) is 0.250. The first-order valence-electron chi connectivity index (χ1n) is 6.30. The molecular weight excluding hydrogens is 261 g/mol. The lowest BCUT2D eigenvalue weighted by atomic mass is 9.91. The molecule has 19 heavy (non-hydrogen) atoms. The van der Waals surface area contributed by atoms with Gasteiger partial charge < -0.3 is 5.73 Å². The second kappa shape index (κ2) is 6.18. The Kier molecular flexibility index (Phi) is 4.56. The summed E-state index contributed by atoms with van der Waals surface area (Å²) in [7, 11) is 0. The maximum Gasteiger partial charge on any atom is 0.124 e. The monoisotopic (exact) mass is 277 g/mol. The molecule has 0 heterocycles. The molecule has 0 spiro atoms. The van der Waals surface area contributed by atoms with Gasteiger partial charge in [-0.2, -0.15) is 0 Å². The maximum atomic E-state index is 13.0. The summed E-state index contributed by atoms with van der Waals surface area (Å²) in [6.07, 6.45) is 0.721. The standard InChI is InChI=1S/C16H17ClFN/c1-11-2-4-12(5-3-11)14(10-19)8-13-6-7-15(18)9-16(13)17/h2-7,9,14H,8,10,19H2,1H3. The van der Waals surface area contributed by atoms with Gasteiger partial charge in [0.05, 0.1) is 0 Å². The molecule has 0 aromatic heterocycles. The quantitative estimate of drug-likeness (QED) is 0.896. The van der Waals surface area contributed by atoms with Crippen LogP contribution in [0.4, 0.5) is 4.39 Å². The SMILES string of the molecule is Cc1ccc(C(CN)Cc2ccc(F)cc2Cl)cc1. The first-order chi connectivity index (χ1) is 9.10. The Morgan fingerprint density at radius 1 is 1.16 bits per heavy atom. The van der Waals surface area contributed by atoms with Crippen LogP contribution < -0.4 is 5.73 Å². The molecule has 0 bridgehead atoms. The Morgan fingerprint density at radius 2 is 1.84 bits per heavy atom. The van der Waals surface area contributed by atoms with Crippen molar-refractivity contribution < 1.29 is 4.39 Å². The molecule has 0 aliphatic rings. The summed E-state index contributed by atoms with van der Waals surface area (Å²) in [5, 5.41) is 0.463. The molecule has 2 aromatic carbocycles. The number of rotatable bonds is 4. The van der Waals surface area contributed by atoms with Gasteiger partial charge in [-0.25, -0.2) is 4.39 Å². The van der Waals surface area contributed by atoms with Crippen molar-refractivity contribution >= 4 is 11.6 Å². The molecule has 0 aliphatic carbocycles. The van der Waals surface area contributed by atoms with Gasteiger partial charge in [-0.15, -0.1) is 0 Å². The fourth-order valence-corrected chi connectivity index (χ4v) is 2.37. The molecule has 2 rings (SSSR count). The van der Waals surface area contributed by atoms with Gasteiger partial charge in [0.15, 0.2) is 0 Å². The van der Waals surface area contributed by atoms with Crippen LogP contribution in [0, 0.1) is 12.7 Å². The zero-order valence-corrected chi connectivity index (χ0v) is 11.6. The van der Waals surface area contributed by atoms with Gasteiger partial charge in [-0.1, -0.05) is 47.5 Å². The minimum Gasteiger partial charge on any atom is -0.330 e. The van der Waals surface area contributed by atoms with Crippen LogP contribution in [0.25, 0.3) is 0 Å². The highest BCUT2D eigenvalue weighted by Gasteiger charge is 2.13. The van der Waals surface area contributed by atoms with Crippen LogP contribution in [-0.4, -0.2) is 6.54 Å². The van der Waals surface area contributed by atoms with Crippen LogP contribution in [-0.2, 0) is 6.42 Å². The van der Waals surface area contributed by atoms with Crippen molar-refractivity contribution in [2.24, 2.45) is 5.73 Å². The van der Waals surface area contributed by atoms with Crippen molar-refractivity contribution in [3.05, 3.63) is 70.0 Å². The number of hydrogen-bond acceptors (Lipinski definition) is 1. The smallest absolute Gasteiger partial charge is 0.124 e. The number of benzene rings is 2. The van der Waals surface area contributed by atoms with Crippen molar-refractivity contribution in [3.63, 3.8) is 0 Å². The predicted octanol–water partition coefficient (Wildman–Crippen LogP) is 4.07. The van der Waals surface area contributed by atoms with E-state index in [1.54, 1.807) is 6.07 Å². The number of halogens is 2. The number of nitrogens with two attached hydrogens (primary N) is 1. The van der Waals surface area contributed by atoms with Crippen LogP contribution in [0.3, 0.4) is 0 Å². The van der Waals surface area contributed by atoms with E-state index >= 15 is 0 Å². The number of aryl methyl sites for hydroxylation is 1. The van der Waals surface area contributed by atoms with Crippen molar-refractivity contribution in [1.82, 2.24) is 0 Å². The summed E-state index contributed by atoms with van der Waals surface area (Å²) in [5.74, 6) is -0.114. The third-order valence-electron chi connectivity index (χ3n) is 3.31. The van der Waals surface area contributed by atoms with E-state index in [1.807, 2.05) is 0 Å². The lowest BCUT2D eigenvalue weighted by Crippen LogP contribution is -2.15. The minimum absolute atomic E-state index is 0.198. The topological polar surface area (TPSA) is 26.0 Å². The summed E-state index contributed by atoms with van der Waals surface area (Å²) >= 11 is 6.06. The average molecular weight is 278 g/mol. The van der Waals surface area contributed by atoms with Crippen molar-refractivity contribution in [1.29, 1.82) is 0 Å².